The summed E-state index contributed by atoms with van der Waals surface area (Å²) in [5.74, 6) is -1.84. The van der Waals surface area contributed by atoms with E-state index in [1.165, 1.54) is 54.7 Å². The summed E-state index contributed by atoms with van der Waals surface area (Å²) in [6.45, 7) is 13.0. The Morgan fingerprint density at radius 2 is 1.76 bits per heavy atom. The third-order valence-electron chi connectivity index (χ3n) is 14.8. The van der Waals surface area contributed by atoms with E-state index in [2.05, 4.69) is 5.32 Å². The molecule has 4 fully saturated rings. The van der Waals surface area contributed by atoms with Crippen molar-refractivity contribution in [2.75, 3.05) is 45.5 Å². The lowest BCUT2D eigenvalue weighted by Crippen LogP contribution is -2.63. The van der Waals surface area contributed by atoms with E-state index in [4.69, 9.17) is 35.3 Å². The number of ketones is 1. The highest BCUT2D eigenvalue weighted by Crippen LogP contribution is 2.49. The number of allylic oxidation sites excluding steroid dienone is 3. The Balaban J connectivity index is 1.14. The number of ether oxygens (including phenoxy) is 5. The molecule has 0 aromatic heterocycles. The SMILES string of the molecule is COc1cc2cc(c1Cl)N(C)C(=O)C[C@H](OC(=O)[C@H](C)N(C)C(=O)CCS[C@H]1CC(=O)N(CC3CCC(C(=O)C(C)(C)C)CC3)C1=O)[C@]1(C)O[C@H]1[C@H](C)[C@@H]1C[C@@](O)(NC(=O)O1)[C@H](OC)/C=C/C=C(\C)C2. The van der Waals surface area contributed by atoms with Gasteiger partial charge in [0, 0.05) is 70.0 Å². The molecule has 0 radical (unpaired) electrons. The molecule has 4 bridgehead atoms. The average molecular weight is 1020 g/mol. The van der Waals surface area contributed by atoms with E-state index in [9.17, 15) is 38.7 Å². The van der Waals surface area contributed by atoms with Gasteiger partial charge in [-0.25, -0.2) is 9.59 Å². The number of amides is 5. The van der Waals surface area contributed by atoms with Crippen LogP contribution in [0.15, 0.2) is 35.9 Å². The Labute approximate surface area is 420 Å². The predicted molar refractivity (Wildman–Crippen MR) is 263 cm³/mol. The molecule has 1 saturated carbocycles. The Morgan fingerprint density at radius 3 is 2.40 bits per heavy atom. The van der Waals surface area contributed by atoms with Crippen molar-refractivity contribution in [1.82, 2.24) is 15.1 Å². The maximum Gasteiger partial charge on any atom is 0.409 e. The van der Waals surface area contributed by atoms with Gasteiger partial charge in [-0.15, -0.1) is 11.8 Å². The van der Waals surface area contributed by atoms with Crippen LogP contribution in [0.2, 0.25) is 5.02 Å². The van der Waals surface area contributed by atoms with E-state index in [0.717, 1.165) is 36.8 Å². The second kappa shape index (κ2) is 22.1. The molecule has 1 aromatic carbocycles. The third kappa shape index (κ3) is 12.2. The van der Waals surface area contributed by atoms with Crippen molar-refractivity contribution in [2.24, 2.45) is 23.2 Å². The topological polar surface area (TPSA) is 211 Å². The molecule has 0 spiro atoms. The lowest BCUT2D eigenvalue weighted by molar-refractivity contribution is -0.162. The van der Waals surface area contributed by atoms with Crippen LogP contribution in [-0.4, -0.2) is 144 Å². The number of likely N-dealkylation sites (tertiary alicyclic amines) is 1. The number of nitrogens with zero attached hydrogens (tertiary/aromatic N) is 3. The number of fused-ring (bicyclic) bond motifs is 5. The number of Topliss-reactive ketones (excluding diaryl/α,β-unsaturated/α-hetero) is 1. The van der Waals surface area contributed by atoms with Gasteiger partial charge < -0.3 is 38.6 Å². The highest BCUT2D eigenvalue weighted by atomic mass is 35.5. The summed E-state index contributed by atoms with van der Waals surface area (Å²) < 4.78 is 29.5. The maximum absolute atomic E-state index is 14.4. The summed E-state index contributed by atoms with van der Waals surface area (Å²) in [6, 6.07) is 2.43. The number of hydrogen-bond acceptors (Lipinski definition) is 14. The normalized spacial score (nSPS) is 32.4. The number of carbonyl (C=O) groups is 7. The van der Waals surface area contributed by atoms with Crippen LogP contribution in [0.1, 0.15) is 105 Å². The molecule has 1 aliphatic carbocycles. The minimum absolute atomic E-state index is 0.000565. The zero-order valence-corrected chi connectivity index (χ0v) is 43.9. The number of halogens is 1. The number of epoxide rings is 1. The van der Waals surface area contributed by atoms with Crippen LogP contribution in [0.25, 0.3) is 0 Å². The highest BCUT2D eigenvalue weighted by molar-refractivity contribution is 8.00. The molecule has 4 heterocycles. The predicted octanol–water partition coefficient (Wildman–Crippen LogP) is 6.19. The zero-order valence-electron chi connectivity index (χ0n) is 42.3. The third-order valence-corrected chi connectivity index (χ3v) is 16.3. The lowest BCUT2D eigenvalue weighted by Gasteiger charge is -2.42. The van der Waals surface area contributed by atoms with Gasteiger partial charge in [-0.2, -0.15) is 0 Å². The summed E-state index contributed by atoms with van der Waals surface area (Å²) in [5.41, 5.74) is -1.54. The Morgan fingerprint density at radius 1 is 1.07 bits per heavy atom. The molecule has 0 unspecified atom stereocenters. The molecule has 70 heavy (non-hydrogen) atoms. The molecule has 1 aromatic rings. The highest BCUT2D eigenvalue weighted by Gasteiger charge is 2.64. The fourth-order valence-corrected chi connectivity index (χ4v) is 11.6. The van der Waals surface area contributed by atoms with Gasteiger partial charge in [0.25, 0.3) is 0 Å². The number of likely N-dealkylation sites (N-methyl/N-ethyl adjacent to an activating group) is 1. The number of hydrogen-bond donors (Lipinski definition) is 2. The van der Waals surface area contributed by atoms with E-state index in [-0.39, 0.29) is 65.9 Å². The fraction of sp³-hybridized carbons (Fsp3) is 0.667. The number of imide groups is 1. The number of anilines is 1. The molecule has 3 saturated heterocycles. The summed E-state index contributed by atoms with van der Waals surface area (Å²) in [4.78, 5) is 98.3. The summed E-state index contributed by atoms with van der Waals surface area (Å²) in [5, 5.41) is 13.9. The number of carbonyl (C=O) groups excluding carboxylic acids is 7. The number of esters is 1. The van der Waals surface area contributed by atoms with Crippen LogP contribution in [0.5, 0.6) is 5.75 Å². The molecule has 386 valence electrons. The quantitative estimate of drug-likeness (QED) is 0.136. The lowest BCUT2D eigenvalue weighted by atomic mass is 9.73. The van der Waals surface area contributed by atoms with Gasteiger partial charge in [0.2, 0.25) is 23.6 Å². The van der Waals surface area contributed by atoms with Gasteiger partial charge in [-0.1, -0.05) is 63.1 Å². The molecular formula is C51H71ClN4O13S. The first-order chi connectivity index (χ1) is 32.8. The first-order valence-electron chi connectivity index (χ1n) is 24.2. The molecule has 19 heteroatoms. The Hall–Kier alpha value is -4.49. The zero-order chi connectivity index (χ0) is 51.6. The summed E-state index contributed by atoms with van der Waals surface area (Å²) in [7, 11) is 5.91. The monoisotopic (exact) mass is 1010 g/mol. The van der Waals surface area contributed by atoms with Crippen molar-refractivity contribution in [1.29, 1.82) is 0 Å². The van der Waals surface area contributed by atoms with Crippen LogP contribution in [0.4, 0.5) is 10.5 Å². The Kier molecular flexibility index (Phi) is 17.3. The van der Waals surface area contributed by atoms with Crippen LogP contribution >= 0.6 is 23.4 Å². The van der Waals surface area contributed by atoms with Gasteiger partial charge in [0.05, 0.1) is 30.6 Å². The standard InChI is InChI=1S/C51H71ClN4O13S/c1-28-13-12-14-38(66-11)51(64)26-36(67-48(63)53-51)29(2)45-50(7,69-45)39(25-41(58)55(9)34-22-32(21-28)23-35(65-10)43(34)52)68-47(62)30(3)54(8)40(57)19-20-70-37-24-42(59)56(46(37)61)27-31-15-17-33(18-16-31)44(60)49(4,5)6/h12-14,22-23,29-31,33,36-39,45,64H,15-21,24-27H2,1-11H3,(H,53,63)/b14-12+,28-13+/t29-,30+,31?,33?,36+,37+,38-,39+,45+,50+,51+/m1/s1. The van der Waals surface area contributed by atoms with Gasteiger partial charge in [-0.05, 0) is 76.5 Å². The van der Waals surface area contributed by atoms with Crippen molar-refractivity contribution in [3.8, 4) is 5.75 Å². The first-order valence-corrected chi connectivity index (χ1v) is 25.6. The van der Waals surface area contributed by atoms with E-state index in [1.807, 2.05) is 33.8 Å². The molecule has 6 rings (SSSR count). The molecular weight excluding hydrogens is 944 g/mol. The number of methoxy groups -OCH3 is 2. The summed E-state index contributed by atoms with van der Waals surface area (Å²) >= 11 is 8.05. The number of aliphatic hydroxyl groups is 1. The smallest absolute Gasteiger partial charge is 0.409 e. The number of thioether (sulfide) groups is 1. The Bertz CT molecular complexity index is 2260. The van der Waals surface area contributed by atoms with E-state index in [1.54, 1.807) is 45.2 Å². The maximum atomic E-state index is 14.4. The van der Waals surface area contributed by atoms with Crippen molar-refractivity contribution in [3.05, 3.63) is 46.5 Å². The van der Waals surface area contributed by atoms with Crippen molar-refractivity contribution in [2.45, 2.75) is 153 Å². The van der Waals surface area contributed by atoms with Crippen LogP contribution in [0.3, 0.4) is 0 Å². The van der Waals surface area contributed by atoms with Crippen molar-refractivity contribution in [3.63, 3.8) is 0 Å². The molecule has 5 amide bonds. The molecule has 5 aliphatic rings. The fourth-order valence-electron chi connectivity index (χ4n) is 10.1. The van der Waals surface area contributed by atoms with Gasteiger partial charge in [0.15, 0.2) is 5.72 Å². The average Bonchev–Trinajstić information content (AvgIpc) is 3.94. The second-order valence-corrected chi connectivity index (χ2v) is 22.6. The van der Waals surface area contributed by atoms with E-state index in [0.29, 0.717) is 24.4 Å². The van der Waals surface area contributed by atoms with Crippen LogP contribution < -0.4 is 15.0 Å². The minimum Gasteiger partial charge on any atom is -0.495 e. The van der Waals surface area contributed by atoms with Crippen molar-refractivity contribution >= 4 is 70.5 Å². The minimum atomic E-state index is -1.87. The van der Waals surface area contributed by atoms with Gasteiger partial charge in [0.1, 0.15) is 46.5 Å². The largest absolute Gasteiger partial charge is 0.495 e. The number of benzene rings is 1. The van der Waals surface area contributed by atoms with Crippen molar-refractivity contribution < 1.29 is 62.4 Å². The van der Waals surface area contributed by atoms with Gasteiger partial charge >= 0.3 is 12.1 Å². The number of rotatable bonds is 12. The second-order valence-electron chi connectivity index (χ2n) is 20.9. The van der Waals surface area contributed by atoms with Crippen LogP contribution in [0, 0.1) is 23.2 Å². The van der Waals surface area contributed by atoms with Crippen LogP contribution in [-0.2, 0) is 54.1 Å². The molecule has 4 aliphatic heterocycles. The first kappa shape index (κ1) is 54.8. The molecule has 17 nitrogen and oxygen atoms in total. The molecule has 9 atom stereocenters. The van der Waals surface area contributed by atoms with E-state index < -0.39 is 82.2 Å². The van der Waals surface area contributed by atoms with E-state index >= 15 is 0 Å². The molecule has 2 N–H and O–H groups in total. The number of nitrogens with one attached hydrogen (secondary N) is 1. The van der Waals surface area contributed by atoms with Gasteiger partial charge in [-0.3, -0.25) is 34.2 Å². The summed E-state index contributed by atoms with van der Waals surface area (Å²) in [6.07, 6.45) is 3.53. The number of alkyl carbamates (subject to hydrolysis) is 1.